The minimum Gasteiger partial charge on any atom is -0.481 e. The summed E-state index contributed by atoms with van der Waals surface area (Å²) < 4.78 is 0. The number of hydrogen-bond acceptors (Lipinski definition) is 2. The van der Waals surface area contributed by atoms with Gasteiger partial charge >= 0.3 is 5.97 Å². The van der Waals surface area contributed by atoms with Gasteiger partial charge in [-0.1, -0.05) is 11.6 Å². The molecule has 0 aliphatic carbocycles. The minimum absolute atomic E-state index is 0.535. The maximum absolute atomic E-state index is 10.8. The molecule has 0 saturated heterocycles. The minimum atomic E-state index is -0.892. The SMILES string of the molecule is CC(C)(C(=O)O)c1cscc1Cl. The molecule has 0 saturated carbocycles. The molecule has 0 spiro atoms. The summed E-state index contributed by atoms with van der Waals surface area (Å²) in [5.74, 6) is -0.859. The summed E-state index contributed by atoms with van der Waals surface area (Å²) in [7, 11) is 0. The van der Waals surface area contributed by atoms with Gasteiger partial charge < -0.3 is 5.11 Å². The first-order chi connectivity index (χ1) is 5.46. The van der Waals surface area contributed by atoms with Crippen LogP contribution in [0.3, 0.4) is 0 Å². The predicted molar refractivity (Wildman–Crippen MR) is 50.0 cm³/mol. The van der Waals surface area contributed by atoms with E-state index in [0.29, 0.717) is 10.6 Å². The van der Waals surface area contributed by atoms with Gasteiger partial charge in [-0.05, 0) is 24.8 Å². The van der Waals surface area contributed by atoms with E-state index in [-0.39, 0.29) is 0 Å². The number of halogens is 1. The molecule has 1 aromatic heterocycles. The number of rotatable bonds is 2. The highest BCUT2D eigenvalue weighted by Crippen LogP contribution is 2.32. The van der Waals surface area contributed by atoms with E-state index in [2.05, 4.69) is 0 Å². The smallest absolute Gasteiger partial charge is 0.313 e. The zero-order valence-corrected chi connectivity index (χ0v) is 8.37. The Kier molecular flexibility index (Phi) is 2.44. The van der Waals surface area contributed by atoms with Gasteiger partial charge in [-0.2, -0.15) is 11.3 Å². The quantitative estimate of drug-likeness (QED) is 0.805. The summed E-state index contributed by atoms with van der Waals surface area (Å²) in [6.07, 6.45) is 0. The molecule has 1 N–H and O–H groups in total. The number of aliphatic carboxylic acids is 1. The van der Waals surface area contributed by atoms with Crippen molar-refractivity contribution >= 4 is 28.9 Å². The van der Waals surface area contributed by atoms with Crippen LogP contribution in [0.1, 0.15) is 19.4 Å². The Morgan fingerprint density at radius 2 is 2.17 bits per heavy atom. The Morgan fingerprint density at radius 3 is 2.50 bits per heavy atom. The predicted octanol–water partition coefficient (Wildman–Crippen LogP) is 2.76. The van der Waals surface area contributed by atoms with Gasteiger partial charge in [0.2, 0.25) is 0 Å². The van der Waals surface area contributed by atoms with Crippen molar-refractivity contribution in [2.45, 2.75) is 19.3 Å². The van der Waals surface area contributed by atoms with Gasteiger partial charge in [-0.25, -0.2) is 0 Å². The molecule has 0 bridgehead atoms. The third kappa shape index (κ3) is 1.47. The average molecular weight is 205 g/mol. The lowest BCUT2D eigenvalue weighted by Gasteiger charge is -2.17. The molecular formula is C8H9ClO2S. The van der Waals surface area contributed by atoms with E-state index in [1.165, 1.54) is 11.3 Å². The van der Waals surface area contributed by atoms with E-state index in [1.807, 2.05) is 0 Å². The van der Waals surface area contributed by atoms with Crippen molar-refractivity contribution < 1.29 is 9.90 Å². The zero-order chi connectivity index (χ0) is 9.35. The summed E-state index contributed by atoms with van der Waals surface area (Å²) in [5, 5.41) is 12.9. The number of carbonyl (C=O) groups is 1. The Bertz CT molecular complexity index is 304. The molecule has 1 aromatic rings. The van der Waals surface area contributed by atoms with E-state index < -0.39 is 11.4 Å². The van der Waals surface area contributed by atoms with Gasteiger partial charge in [0.1, 0.15) is 0 Å². The van der Waals surface area contributed by atoms with Gasteiger partial charge in [-0.3, -0.25) is 4.79 Å². The second kappa shape index (κ2) is 3.07. The van der Waals surface area contributed by atoms with Crippen LogP contribution in [0.25, 0.3) is 0 Å². The Morgan fingerprint density at radius 1 is 1.58 bits per heavy atom. The van der Waals surface area contributed by atoms with Crippen molar-refractivity contribution in [1.82, 2.24) is 0 Å². The van der Waals surface area contributed by atoms with Crippen molar-refractivity contribution in [1.29, 1.82) is 0 Å². The van der Waals surface area contributed by atoms with E-state index in [9.17, 15) is 4.79 Å². The van der Waals surface area contributed by atoms with Crippen LogP contribution in [0.2, 0.25) is 5.02 Å². The summed E-state index contributed by atoms with van der Waals surface area (Å²) in [4.78, 5) is 10.8. The van der Waals surface area contributed by atoms with Crippen molar-refractivity contribution in [3.05, 3.63) is 21.3 Å². The highest BCUT2D eigenvalue weighted by atomic mass is 35.5. The van der Waals surface area contributed by atoms with Gasteiger partial charge in [0, 0.05) is 5.38 Å². The average Bonchev–Trinajstić information content (AvgIpc) is 2.35. The fraction of sp³-hybridized carbons (Fsp3) is 0.375. The molecule has 0 amide bonds. The molecule has 1 rings (SSSR count). The third-order valence-corrected chi connectivity index (χ3v) is 3.01. The molecule has 0 aromatic carbocycles. The van der Waals surface area contributed by atoms with E-state index >= 15 is 0 Å². The van der Waals surface area contributed by atoms with E-state index in [1.54, 1.807) is 24.6 Å². The van der Waals surface area contributed by atoms with Gasteiger partial charge in [0.15, 0.2) is 0 Å². The van der Waals surface area contributed by atoms with Crippen LogP contribution >= 0.6 is 22.9 Å². The monoisotopic (exact) mass is 204 g/mol. The molecular weight excluding hydrogens is 196 g/mol. The second-order valence-electron chi connectivity index (χ2n) is 3.06. The first kappa shape index (κ1) is 9.55. The Labute approximate surface area is 79.8 Å². The van der Waals surface area contributed by atoms with Crippen LogP contribution < -0.4 is 0 Å². The number of carboxylic acid groups (broad SMARTS) is 1. The van der Waals surface area contributed by atoms with Crippen molar-refractivity contribution in [2.24, 2.45) is 0 Å². The normalized spacial score (nSPS) is 11.6. The summed E-state index contributed by atoms with van der Waals surface area (Å²) in [6.45, 7) is 3.28. The summed E-state index contributed by atoms with van der Waals surface area (Å²) in [6, 6.07) is 0. The van der Waals surface area contributed by atoms with Crippen LogP contribution in [0, 0.1) is 0 Å². The van der Waals surface area contributed by atoms with Gasteiger partial charge in [0.05, 0.1) is 10.4 Å². The lowest BCUT2D eigenvalue weighted by atomic mass is 9.87. The van der Waals surface area contributed by atoms with E-state index in [0.717, 1.165) is 0 Å². The molecule has 2 nitrogen and oxygen atoms in total. The van der Waals surface area contributed by atoms with Crippen LogP contribution in [0.15, 0.2) is 10.8 Å². The lowest BCUT2D eigenvalue weighted by molar-refractivity contribution is -0.142. The molecule has 12 heavy (non-hydrogen) atoms. The lowest BCUT2D eigenvalue weighted by Crippen LogP contribution is -2.28. The molecule has 4 heteroatoms. The van der Waals surface area contributed by atoms with Crippen molar-refractivity contribution in [3.8, 4) is 0 Å². The maximum Gasteiger partial charge on any atom is 0.313 e. The number of carboxylic acids is 1. The maximum atomic E-state index is 10.8. The van der Waals surface area contributed by atoms with Gasteiger partial charge in [0.25, 0.3) is 0 Å². The van der Waals surface area contributed by atoms with Crippen LogP contribution in [0.5, 0.6) is 0 Å². The first-order valence-corrected chi connectivity index (χ1v) is 4.74. The largest absolute Gasteiger partial charge is 0.481 e. The highest BCUT2D eigenvalue weighted by molar-refractivity contribution is 7.08. The van der Waals surface area contributed by atoms with Crippen LogP contribution in [0.4, 0.5) is 0 Å². The van der Waals surface area contributed by atoms with Crippen molar-refractivity contribution in [2.75, 3.05) is 0 Å². The Hall–Kier alpha value is -0.540. The molecule has 66 valence electrons. The third-order valence-electron chi connectivity index (χ3n) is 1.82. The number of thiophene rings is 1. The van der Waals surface area contributed by atoms with Crippen molar-refractivity contribution in [3.63, 3.8) is 0 Å². The summed E-state index contributed by atoms with van der Waals surface area (Å²) >= 11 is 7.23. The standard InChI is InChI=1S/C8H9ClO2S/c1-8(2,7(10)11)5-3-12-4-6(5)9/h3-4H,1-2H3,(H,10,11). The highest BCUT2D eigenvalue weighted by Gasteiger charge is 2.31. The molecule has 0 radical (unpaired) electrons. The van der Waals surface area contributed by atoms with Crippen LogP contribution in [-0.4, -0.2) is 11.1 Å². The molecule has 0 aliphatic rings. The molecule has 0 fully saturated rings. The Balaban J connectivity index is 3.13. The molecule has 0 atom stereocenters. The van der Waals surface area contributed by atoms with Gasteiger partial charge in [-0.15, -0.1) is 0 Å². The fourth-order valence-electron chi connectivity index (χ4n) is 0.843. The van der Waals surface area contributed by atoms with E-state index in [4.69, 9.17) is 16.7 Å². The molecule has 0 unspecified atom stereocenters. The second-order valence-corrected chi connectivity index (χ2v) is 4.21. The molecule has 1 heterocycles. The summed E-state index contributed by atoms with van der Waals surface area (Å²) in [5.41, 5.74) is -0.210. The topological polar surface area (TPSA) is 37.3 Å². The fourth-order valence-corrected chi connectivity index (χ4v) is 2.22. The number of hydrogen-bond donors (Lipinski definition) is 1. The van der Waals surface area contributed by atoms with Crippen LogP contribution in [-0.2, 0) is 10.2 Å². The molecule has 0 aliphatic heterocycles. The zero-order valence-electron chi connectivity index (χ0n) is 6.80. The first-order valence-electron chi connectivity index (χ1n) is 3.42.